The summed E-state index contributed by atoms with van der Waals surface area (Å²) in [7, 11) is 1.63. The van der Waals surface area contributed by atoms with Crippen LogP contribution in [0.1, 0.15) is 128 Å². The first-order valence-electron chi connectivity index (χ1n) is 15.7. The number of benzene rings is 1. The first kappa shape index (κ1) is 32.7. The molecular weight excluding hydrogens is 484 g/mol. The molecule has 5 nitrogen and oxygen atoms in total. The number of H-pyrrole nitrogens is 1. The van der Waals surface area contributed by atoms with Gasteiger partial charge in [0.15, 0.2) is 0 Å². The van der Waals surface area contributed by atoms with Crippen LogP contribution in [0.15, 0.2) is 42.6 Å². The van der Waals surface area contributed by atoms with Crippen LogP contribution in [0.5, 0.6) is 0 Å². The fraction of sp³-hybridized carbons (Fsp3) is 0.647. The van der Waals surface area contributed by atoms with Crippen molar-refractivity contribution in [1.82, 2.24) is 9.88 Å². The summed E-state index contributed by atoms with van der Waals surface area (Å²) in [6.07, 6.45) is 28.8. The number of carbonyl (C=O) groups is 2. The highest BCUT2D eigenvalue weighted by atomic mass is 16.4. The third-order valence-electron chi connectivity index (χ3n) is 7.89. The number of amides is 1. The number of aromatic nitrogens is 1. The number of unbranched alkanes of at least 4 members (excludes halogenated alkanes) is 15. The molecule has 0 saturated heterocycles. The number of carboxylic acids is 1. The highest BCUT2D eigenvalue weighted by Crippen LogP contribution is 2.21. The molecule has 1 aromatic carbocycles. The molecule has 2 aromatic rings. The van der Waals surface area contributed by atoms with Crippen LogP contribution in [0, 0.1) is 0 Å². The molecule has 5 heteroatoms. The van der Waals surface area contributed by atoms with E-state index < -0.39 is 12.0 Å². The molecule has 0 aliphatic rings. The second-order valence-electron chi connectivity index (χ2n) is 11.2. The molecule has 1 aromatic heterocycles. The first-order chi connectivity index (χ1) is 19.0. The topological polar surface area (TPSA) is 73.4 Å². The number of aliphatic carboxylic acids is 1. The number of fused-ring (bicyclic) bond motifs is 1. The number of aromatic amines is 1. The number of hydrogen-bond acceptors (Lipinski definition) is 2. The number of likely N-dealkylation sites (N-methyl/N-ethyl adjacent to an activating group) is 1. The van der Waals surface area contributed by atoms with E-state index in [1.807, 2.05) is 30.5 Å². The van der Waals surface area contributed by atoms with Gasteiger partial charge in [-0.25, -0.2) is 4.79 Å². The van der Waals surface area contributed by atoms with Crippen LogP contribution < -0.4 is 0 Å². The van der Waals surface area contributed by atoms with Crippen molar-refractivity contribution >= 4 is 22.8 Å². The maximum atomic E-state index is 12.7. The number of para-hydroxylation sites is 1. The molecule has 0 bridgehead atoms. The lowest BCUT2D eigenvalue weighted by atomic mass is 10.0. The summed E-state index contributed by atoms with van der Waals surface area (Å²) >= 11 is 0. The van der Waals surface area contributed by atoms with Gasteiger partial charge in [0.2, 0.25) is 5.91 Å². The normalized spacial score (nSPS) is 12.4. The summed E-state index contributed by atoms with van der Waals surface area (Å²) < 4.78 is 0. The van der Waals surface area contributed by atoms with E-state index in [0.717, 1.165) is 35.7 Å². The predicted molar refractivity (Wildman–Crippen MR) is 164 cm³/mol. The van der Waals surface area contributed by atoms with Crippen molar-refractivity contribution in [2.24, 2.45) is 0 Å². The quantitative estimate of drug-likeness (QED) is 0.109. The lowest BCUT2D eigenvalue weighted by Gasteiger charge is -2.25. The SMILES string of the molecule is CCCCCCCC/C=C\CCCCCCCCCCCC(=O)N(C)[C@@H](Cc1c[nH]c2ccccc12)C(=O)O. The van der Waals surface area contributed by atoms with Crippen molar-refractivity contribution in [2.45, 2.75) is 135 Å². The number of carboxylic acid groups (broad SMARTS) is 1. The van der Waals surface area contributed by atoms with Crippen LogP contribution in [0.2, 0.25) is 0 Å². The van der Waals surface area contributed by atoms with Gasteiger partial charge in [0.25, 0.3) is 0 Å². The minimum Gasteiger partial charge on any atom is -0.480 e. The average molecular weight is 539 g/mol. The number of nitrogens with one attached hydrogen (secondary N) is 1. The highest BCUT2D eigenvalue weighted by Gasteiger charge is 2.27. The molecule has 0 unspecified atom stereocenters. The number of allylic oxidation sites excluding steroid dienone is 2. The van der Waals surface area contributed by atoms with Crippen LogP contribution in [-0.4, -0.2) is 40.0 Å². The van der Waals surface area contributed by atoms with Crippen LogP contribution >= 0.6 is 0 Å². The van der Waals surface area contributed by atoms with Crippen molar-refractivity contribution < 1.29 is 14.7 Å². The zero-order chi connectivity index (χ0) is 28.1. The van der Waals surface area contributed by atoms with Gasteiger partial charge in [0.1, 0.15) is 6.04 Å². The van der Waals surface area contributed by atoms with Crippen molar-refractivity contribution in [1.29, 1.82) is 0 Å². The van der Waals surface area contributed by atoms with E-state index in [1.54, 1.807) is 7.05 Å². The average Bonchev–Trinajstić information content (AvgIpc) is 3.35. The Hall–Kier alpha value is -2.56. The van der Waals surface area contributed by atoms with Crippen LogP contribution in [0.25, 0.3) is 10.9 Å². The van der Waals surface area contributed by atoms with Gasteiger partial charge in [-0.1, -0.05) is 114 Å². The maximum absolute atomic E-state index is 12.7. The van der Waals surface area contributed by atoms with Gasteiger partial charge in [-0.05, 0) is 43.7 Å². The maximum Gasteiger partial charge on any atom is 0.326 e. The van der Waals surface area contributed by atoms with E-state index in [0.29, 0.717) is 12.8 Å². The van der Waals surface area contributed by atoms with Gasteiger partial charge in [0.05, 0.1) is 0 Å². The van der Waals surface area contributed by atoms with Crippen molar-refractivity contribution in [3.63, 3.8) is 0 Å². The Morgan fingerprint density at radius 1 is 0.821 bits per heavy atom. The molecule has 1 heterocycles. The van der Waals surface area contributed by atoms with E-state index in [1.165, 1.54) is 94.8 Å². The van der Waals surface area contributed by atoms with Gasteiger partial charge >= 0.3 is 5.97 Å². The second kappa shape index (κ2) is 20.4. The molecule has 0 spiro atoms. The Morgan fingerprint density at radius 3 is 1.95 bits per heavy atom. The van der Waals surface area contributed by atoms with E-state index in [9.17, 15) is 14.7 Å². The zero-order valence-corrected chi connectivity index (χ0v) is 24.8. The fourth-order valence-corrected chi connectivity index (χ4v) is 5.30. The van der Waals surface area contributed by atoms with Crippen LogP contribution in [0.4, 0.5) is 0 Å². The summed E-state index contributed by atoms with van der Waals surface area (Å²) in [5.74, 6) is -1.04. The molecule has 0 fully saturated rings. The largest absolute Gasteiger partial charge is 0.480 e. The van der Waals surface area contributed by atoms with Crippen LogP contribution in [-0.2, 0) is 16.0 Å². The Labute approximate surface area is 237 Å². The lowest BCUT2D eigenvalue weighted by molar-refractivity contribution is -0.149. The monoisotopic (exact) mass is 538 g/mol. The second-order valence-corrected chi connectivity index (χ2v) is 11.2. The standard InChI is InChI=1S/C34H54N2O3/c1-3-4-5-6-7-8-9-10-11-12-13-14-15-16-17-18-19-20-21-26-33(37)36(2)32(34(38)39)27-29-28-35-31-25-23-22-24-30(29)31/h10-11,22-25,28,32,35H,3-9,12-21,26-27H2,1-2H3,(H,38,39)/b11-10-/t32-/m0/s1. The molecule has 1 amide bonds. The number of carbonyl (C=O) groups excluding carboxylic acids is 1. The van der Waals surface area contributed by atoms with Gasteiger partial charge in [-0.15, -0.1) is 0 Å². The van der Waals surface area contributed by atoms with Gasteiger partial charge < -0.3 is 15.0 Å². The fourth-order valence-electron chi connectivity index (χ4n) is 5.30. The summed E-state index contributed by atoms with van der Waals surface area (Å²) in [6, 6.07) is 7.00. The highest BCUT2D eigenvalue weighted by molar-refractivity contribution is 5.86. The Bertz CT molecular complexity index is 964. The van der Waals surface area contributed by atoms with Crippen LogP contribution in [0.3, 0.4) is 0 Å². The third-order valence-corrected chi connectivity index (χ3v) is 7.89. The van der Waals surface area contributed by atoms with E-state index in [2.05, 4.69) is 24.1 Å². The minimum absolute atomic E-state index is 0.0803. The van der Waals surface area contributed by atoms with Gasteiger partial charge in [-0.2, -0.15) is 0 Å². The first-order valence-corrected chi connectivity index (χ1v) is 15.7. The molecule has 1 atom stereocenters. The molecule has 39 heavy (non-hydrogen) atoms. The molecule has 0 aliphatic heterocycles. The van der Waals surface area contributed by atoms with E-state index >= 15 is 0 Å². The molecule has 0 saturated carbocycles. The van der Waals surface area contributed by atoms with Crippen molar-refractivity contribution in [3.8, 4) is 0 Å². The Balaban J connectivity index is 1.47. The molecule has 2 rings (SSSR count). The molecular formula is C34H54N2O3. The lowest BCUT2D eigenvalue weighted by Crippen LogP contribution is -2.43. The Kier molecular flexibility index (Phi) is 17.0. The van der Waals surface area contributed by atoms with Crippen molar-refractivity contribution in [3.05, 3.63) is 48.2 Å². The van der Waals surface area contributed by atoms with Gasteiger partial charge in [0, 0.05) is 37.0 Å². The number of nitrogens with zero attached hydrogens (tertiary/aromatic N) is 1. The summed E-state index contributed by atoms with van der Waals surface area (Å²) in [5, 5.41) is 10.8. The minimum atomic E-state index is -0.958. The van der Waals surface area contributed by atoms with E-state index in [-0.39, 0.29) is 5.91 Å². The Morgan fingerprint density at radius 2 is 1.36 bits per heavy atom. The van der Waals surface area contributed by atoms with Crippen molar-refractivity contribution in [2.75, 3.05) is 7.05 Å². The predicted octanol–water partition coefficient (Wildman–Crippen LogP) is 9.22. The zero-order valence-electron chi connectivity index (χ0n) is 24.8. The molecule has 2 N–H and O–H groups in total. The van der Waals surface area contributed by atoms with E-state index in [4.69, 9.17) is 0 Å². The summed E-state index contributed by atoms with van der Waals surface area (Å²) in [4.78, 5) is 29.3. The third kappa shape index (κ3) is 13.4. The number of hydrogen-bond donors (Lipinski definition) is 2. The summed E-state index contributed by atoms with van der Waals surface area (Å²) in [5.41, 5.74) is 1.91. The number of rotatable bonds is 23. The molecule has 0 aliphatic carbocycles. The molecule has 0 radical (unpaired) electrons. The molecule has 218 valence electrons. The van der Waals surface area contributed by atoms with Gasteiger partial charge in [-0.3, -0.25) is 4.79 Å². The summed E-state index contributed by atoms with van der Waals surface area (Å²) in [6.45, 7) is 2.27. The smallest absolute Gasteiger partial charge is 0.326 e.